The van der Waals surface area contributed by atoms with Crippen LogP contribution in [0.4, 0.5) is 0 Å². The highest BCUT2D eigenvalue weighted by molar-refractivity contribution is 7.16. The summed E-state index contributed by atoms with van der Waals surface area (Å²) < 4.78 is 8.71. The maximum Gasteiger partial charge on any atom is 0.279 e. The van der Waals surface area contributed by atoms with Crippen molar-refractivity contribution in [2.24, 2.45) is 4.99 Å². The van der Waals surface area contributed by atoms with Gasteiger partial charge in [-0.1, -0.05) is 41.5 Å². The van der Waals surface area contributed by atoms with Crippen molar-refractivity contribution in [3.63, 3.8) is 0 Å². The molecule has 4 aromatic rings. The van der Waals surface area contributed by atoms with Crippen LogP contribution in [0.3, 0.4) is 0 Å². The molecule has 0 bridgehead atoms. The van der Waals surface area contributed by atoms with Crippen molar-refractivity contribution >= 4 is 27.5 Å². The van der Waals surface area contributed by atoms with Crippen molar-refractivity contribution in [2.45, 2.75) is 13.5 Å². The monoisotopic (exact) mass is 398 g/mol. The largest absolute Gasteiger partial charge is 0.457 e. The quantitative estimate of drug-likeness (QED) is 0.445. The summed E-state index contributed by atoms with van der Waals surface area (Å²) in [6.07, 6.45) is 5.52. The van der Waals surface area contributed by atoms with Crippen molar-refractivity contribution in [2.75, 3.05) is 0 Å². The summed E-state index contributed by atoms with van der Waals surface area (Å²) >= 11 is 1.46. The van der Waals surface area contributed by atoms with Gasteiger partial charge < -0.3 is 9.30 Å². The summed E-state index contributed by atoms with van der Waals surface area (Å²) in [6.45, 7) is 2.39. The molecule has 0 spiro atoms. The van der Waals surface area contributed by atoms with E-state index >= 15 is 0 Å². The average molecular weight is 398 g/mol. The molecule has 3 aromatic carbocycles. The minimum atomic E-state index is -0.315. The second-order valence-electron chi connectivity index (χ2n) is 6.50. The molecule has 0 unspecified atom stereocenters. The predicted octanol–water partition coefficient (Wildman–Crippen LogP) is 5.18. The molecule has 0 atom stereocenters. The maximum atomic E-state index is 12.7. The fourth-order valence-corrected chi connectivity index (χ4v) is 4.08. The highest BCUT2D eigenvalue weighted by Crippen LogP contribution is 2.22. The smallest absolute Gasteiger partial charge is 0.279 e. The zero-order chi connectivity index (χ0) is 20.2. The standard InChI is InChI=1S/C24H18N2O2S/c1-3-15-26-21-14-9-17(2)16-22(21)29-24(26)25-23(27)18-10-12-20(13-11-18)28-19-7-5-4-6-8-19/h1,4-14,16H,15H2,2H3. The van der Waals surface area contributed by atoms with Crippen LogP contribution in [-0.2, 0) is 6.54 Å². The van der Waals surface area contributed by atoms with Gasteiger partial charge in [0.2, 0.25) is 0 Å². The van der Waals surface area contributed by atoms with Gasteiger partial charge in [0.25, 0.3) is 5.91 Å². The van der Waals surface area contributed by atoms with E-state index in [0.29, 0.717) is 22.7 Å². The van der Waals surface area contributed by atoms with Crippen LogP contribution in [0.5, 0.6) is 11.5 Å². The molecule has 0 saturated carbocycles. The third-order valence-electron chi connectivity index (χ3n) is 4.37. The molecule has 0 fully saturated rings. The molecule has 142 valence electrons. The number of aromatic nitrogens is 1. The number of carbonyl (C=O) groups excluding carboxylic acids is 1. The molecule has 0 radical (unpaired) electrons. The number of benzene rings is 3. The lowest BCUT2D eigenvalue weighted by Crippen LogP contribution is -2.16. The maximum absolute atomic E-state index is 12.7. The van der Waals surface area contributed by atoms with E-state index in [0.717, 1.165) is 21.5 Å². The van der Waals surface area contributed by atoms with Gasteiger partial charge in [-0.3, -0.25) is 4.79 Å². The first-order chi connectivity index (χ1) is 14.1. The second kappa shape index (κ2) is 8.17. The Morgan fingerprint density at radius 1 is 1.07 bits per heavy atom. The summed E-state index contributed by atoms with van der Waals surface area (Å²) in [4.78, 5) is 17.6. The number of carbonyl (C=O) groups is 1. The van der Waals surface area contributed by atoms with E-state index in [1.54, 1.807) is 24.3 Å². The highest BCUT2D eigenvalue weighted by Gasteiger charge is 2.09. The number of amides is 1. The van der Waals surface area contributed by atoms with Gasteiger partial charge in [-0.25, -0.2) is 0 Å². The van der Waals surface area contributed by atoms with Crippen LogP contribution in [0.25, 0.3) is 10.2 Å². The zero-order valence-electron chi connectivity index (χ0n) is 15.8. The number of rotatable bonds is 4. The number of ether oxygens (including phenoxy) is 1. The van der Waals surface area contributed by atoms with Crippen LogP contribution < -0.4 is 9.54 Å². The second-order valence-corrected chi connectivity index (χ2v) is 7.51. The lowest BCUT2D eigenvalue weighted by molar-refractivity contribution is 0.0998. The fraction of sp³-hybridized carbons (Fsp3) is 0.0833. The molecule has 4 rings (SSSR count). The Balaban J connectivity index is 1.64. The Morgan fingerprint density at radius 3 is 2.52 bits per heavy atom. The average Bonchev–Trinajstić information content (AvgIpc) is 3.05. The molecule has 0 N–H and O–H groups in total. The molecule has 0 aliphatic heterocycles. The van der Waals surface area contributed by atoms with Crippen molar-refractivity contribution in [1.29, 1.82) is 0 Å². The number of hydrogen-bond acceptors (Lipinski definition) is 3. The Hall–Kier alpha value is -3.62. The first-order valence-electron chi connectivity index (χ1n) is 9.09. The van der Waals surface area contributed by atoms with E-state index in [4.69, 9.17) is 11.2 Å². The minimum absolute atomic E-state index is 0.315. The predicted molar refractivity (Wildman–Crippen MR) is 116 cm³/mol. The Labute approximate surface area is 172 Å². The molecule has 1 aromatic heterocycles. The molecule has 5 heteroatoms. The summed E-state index contributed by atoms with van der Waals surface area (Å²) in [5, 5.41) is 0. The van der Waals surface area contributed by atoms with E-state index in [-0.39, 0.29) is 5.91 Å². The zero-order valence-corrected chi connectivity index (χ0v) is 16.6. The van der Waals surface area contributed by atoms with E-state index in [1.165, 1.54) is 11.3 Å². The minimum Gasteiger partial charge on any atom is -0.457 e. The number of para-hydroxylation sites is 1. The molecule has 0 saturated heterocycles. The summed E-state index contributed by atoms with van der Waals surface area (Å²) in [5.41, 5.74) is 2.63. The van der Waals surface area contributed by atoms with Crippen LogP contribution >= 0.6 is 11.3 Å². The Bertz CT molecular complexity index is 1280. The van der Waals surface area contributed by atoms with Crippen LogP contribution in [0.2, 0.25) is 0 Å². The number of thiazole rings is 1. The molecule has 29 heavy (non-hydrogen) atoms. The van der Waals surface area contributed by atoms with Gasteiger partial charge in [0.1, 0.15) is 11.5 Å². The van der Waals surface area contributed by atoms with Crippen molar-refractivity contribution in [1.82, 2.24) is 4.57 Å². The van der Waals surface area contributed by atoms with Gasteiger partial charge in [0, 0.05) is 5.56 Å². The first-order valence-corrected chi connectivity index (χ1v) is 9.91. The third kappa shape index (κ3) is 4.13. The molecule has 0 aliphatic carbocycles. The van der Waals surface area contributed by atoms with Crippen LogP contribution in [-0.4, -0.2) is 10.5 Å². The van der Waals surface area contributed by atoms with Gasteiger partial charge >= 0.3 is 0 Å². The van der Waals surface area contributed by atoms with Crippen LogP contribution in [0.15, 0.2) is 77.8 Å². The van der Waals surface area contributed by atoms with Gasteiger partial charge in [-0.05, 0) is 61.0 Å². The highest BCUT2D eigenvalue weighted by atomic mass is 32.1. The molecular weight excluding hydrogens is 380 g/mol. The summed E-state index contributed by atoms with van der Waals surface area (Å²) in [6, 6.07) is 22.6. The molecule has 4 nitrogen and oxygen atoms in total. The SMILES string of the molecule is C#CCn1c(=NC(=O)c2ccc(Oc3ccccc3)cc2)sc2cc(C)ccc21. The van der Waals surface area contributed by atoms with Gasteiger partial charge in [0.15, 0.2) is 4.80 Å². The van der Waals surface area contributed by atoms with Gasteiger partial charge in [-0.2, -0.15) is 4.99 Å². The number of nitrogens with zero attached hydrogens (tertiary/aromatic N) is 2. The summed E-state index contributed by atoms with van der Waals surface area (Å²) in [7, 11) is 0. The topological polar surface area (TPSA) is 43.6 Å². The van der Waals surface area contributed by atoms with Crippen molar-refractivity contribution in [3.05, 3.63) is 88.7 Å². The molecule has 1 amide bonds. The first kappa shape index (κ1) is 18.7. The normalized spacial score (nSPS) is 11.4. The third-order valence-corrected chi connectivity index (χ3v) is 5.41. The van der Waals surface area contributed by atoms with Gasteiger partial charge in [0.05, 0.1) is 16.8 Å². The fourth-order valence-electron chi connectivity index (χ4n) is 2.95. The van der Waals surface area contributed by atoms with E-state index < -0.39 is 0 Å². The molecule has 0 aliphatic rings. The number of fused-ring (bicyclic) bond motifs is 1. The lowest BCUT2D eigenvalue weighted by Gasteiger charge is -2.05. The summed E-state index contributed by atoms with van der Waals surface area (Å²) in [5.74, 6) is 3.73. The molecule has 1 heterocycles. The van der Waals surface area contributed by atoms with E-state index in [1.807, 2.05) is 54.0 Å². The Kier molecular flexibility index (Phi) is 5.28. The van der Waals surface area contributed by atoms with Crippen molar-refractivity contribution < 1.29 is 9.53 Å². The van der Waals surface area contributed by atoms with E-state index in [2.05, 4.69) is 17.0 Å². The lowest BCUT2D eigenvalue weighted by atomic mass is 10.2. The van der Waals surface area contributed by atoms with Gasteiger partial charge in [-0.15, -0.1) is 6.42 Å². The number of hydrogen-bond donors (Lipinski definition) is 0. The molecular formula is C24H18N2O2S. The number of terminal acetylenes is 1. The van der Waals surface area contributed by atoms with Crippen LogP contribution in [0.1, 0.15) is 15.9 Å². The van der Waals surface area contributed by atoms with Crippen LogP contribution in [0, 0.1) is 19.3 Å². The number of aryl methyl sites for hydroxylation is 1. The van der Waals surface area contributed by atoms with E-state index in [9.17, 15) is 4.79 Å². The van der Waals surface area contributed by atoms with Crippen molar-refractivity contribution in [3.8, 4) is 23.8 Å². The Morgan fingerprint density at radius 2 is 1.79 bits per heavy atom.